The monoisotopic (exact) mass is 372 g/mol. The minimum atomic E-state index is -3.95. The van der Waals surface area contributed by atoms with Crippen LogP contribution in [0.4, 0.5) is 0 Å². The highest BCUT2D eigenvalue weighted by molar-refractivity contribution is 7.99. The van der Waals surface area contributed by atoms with E-state index >= 15 is 0 Å². The Morgan fingerprint density at radius 1 is 0.522 bits per heavy atom. The van der Waals surface area contributed by atoms with Crippen LogP contribution < -0.4 is 0 Å². The van der Waals surface area contributed by atoms with Gasteiger partial charge in [0.05, 0.1) is 11.5 Å². The van der Waals surface area contributed by atoms with Crippen LogP contribution in [0, 0.1) is 0 Å². The number of hydrogen-bond donors (Lipinski definition) is 0. The quantitative estimate of drug-likeness (QED) is 0.440. The summed E-state index contributed by atoms with van der Waals surface area (Å²) >= 11 is 0. The van der Waals surface area contributed by atoms with E-state index in [-0.39, 0.29) is 11.5 Å². The zero-order chi connectivity index (χ0) is 18.2. The minimum Gasteiger partial charge on any atom is -0.198 e. The van der Waals surface area contributed by atoms with E-state index in [4.69, 9.17) is 0 Å². The van der Waals surface area contributed by atoms with Gasteiger partial charge in [0.1, 0.15) is 0 Å². The fraction of sp³-hybridized carbons (Fsp3) is 1.00. The third-order valence-corrected chi connectivity index (χ3v) is 6.44. The largest absolute Gasteiger partial charge is 0.281 e. The molecule has 142 valence electrons. The Labute approximate surface area is 144 Å². The van der Waals surface area contributed by atoms with Gasteiger partial charge in [-0.15, -0.1) is 3.63 Å². The molecule has 0 aliphatic heterocycles. The maximum absolute atomic E-state index is 11.5. The van der Waals surface area contributed by atoms with Crippen LogP contribution in [0.5, 0.6) is 0 Å². The normalized spacial score (nSPS) is 11.8. The van der Waals surface area contributed by atoms with Crippen LogP contribution in [0.2, 0.25) is 0 Å². The summed E-state index contributed by atoms with van der Waals surface area (Å²) < 4.78 is 50.3. The molecule has 0 N–H and O–H groups in total. The zero-order valence-corrected chi connectivity index (χ0v) is 17.0. The summed E-state index contributed by atoms with van der Waals surface area (Å²) in [6, 6.07) is 0. The van der Waals surface area contributed by atoms with E-state index in [1.54, 1.807) is 0 Å². The molecule has 0 fully saturated rings. The maximum Gasteiger partial charge on any atom is 0.281 e. The van der Waals surface area contributed by atoms with Gasteiger partial charge in [-0.3, -0.25) is 0 Å². The predicted octanol–water partition coefficient (Wildman–Crippen LogP) is 4.63. The molecule has 0 saturated heterocycles. The first-order chi connectivity index (χ1) is 10.7. The molecule has 0 atom stereocenters. The van der Waals surface area contributed by atoms with E-state index < -0.39 is 20.2 Å². The smallest absolute Gasteiger partial charge is 0.198 e. The van der Waals surface area contributed by atoms with Gasteiger partial charge in [0, 0.05) is 0 Å². The predicted molar refractivity (Wildman–Crippen MR) is 97.5 cm³/mol. The average Bonchev–Trinajstić information content (AvgIpc) is 2.47. The van der Waals surface area contributed by atoms with Crippen LogP contribution in [-0.4, -0.2) is 28.3 Å². The van der Waals surface area contributed by atoms with Crippen molar-refractivity contribution >= 4 is 20.2 Å². The molecular weight excluding hydrogens is 336 g/mol. The highest BCUT2D eigenvalue weighted by atomic mass is 32.3. The molecule has 0 aliphatic rings. The summed E-state index contributed by atoms with van der Waals surface area (Å²) in [6.07, 6.45) is 8.96. The van der Waals surface area contributed by atoms with E-state index in [0.717, 1.165) is 38.5 Å². The second-order valence-electron chi connectivity index (χ2n) is 5.71. The molecule has 0 bridgehead atoms. The molecule has 5 nitrogen and oxygen atoms in total. The van der Waals surface area contributed by atoms with Gasteiger partial charge in [-0.1, -0.05) is 79.1 Å². The molecule has 0 amide bonds. The first-order valence-corrected chi connectivity index (χ1v) is 12.1. The van der Waals surface area contributed by atoms with Crippen molar-refractivity contribution in [3.05, 3.63) is 0 Å². The summed E-state index contributed by atoms with van der Waals surface area (Å²) in [7, 11) is -7.90. The lowest BCUT2D eigenvalue weighted by Gasteiger charge is -2.06. The van der Waals surface area contributed by atoms with Gasteiger partial charge in [-0.25, -0.2) is 0 Å². The molecule has 0 aromatic carbocycles. The van der Waals surface area contributed by atoms with Gasteiger partial charge in [-0.05, 0) is 12.8 Å². The van der Waals surface area contributed by atoms with Gasteiger partial charge in [0.15, 0.2) is 0 Å². The molecule has 0 saturated carbocycles. The van der Waals surface area contributed by atoms with Crippen LogP contribution in [0.25, 0.3) is 0 Å². The van der Waals surface area contributed by atoms with Crippen molar-refractivity contribution in [1.82, 2.24) is 0 Å². The van der Waals surface area contributed by atoms with Crippen LogP contribution in [-0.2, 0) is 23.9 Å². The second-order valence-corrected chi connectivity index (χ2v) is 9.30. The Kier molecular flexibility index (Phi) is 16.8. The van der Waals surface area contributed by atoms with Crippen molar-refractivity contribution < 1.29 is 20.5 Å². The molecular formula is C16H36O5S2. The SMILES string of the molecule is CCCC.CCCCCCS(=O)(=O)OS(=O)(=O)CCCCCC. The highest BCUT2D eigenvalue weighted by Crippen LogP contribution is 2.10. The molecule has 0 radical (unpaired) electrons. The van der Waals surface area contributed by atoms with E-state index in [1.165, 1.54) is 12.8 Å². The van der Waals surface area contributed by atoms with Crippen LogP contribution in [0.3, 0.4) is 0 Å². The number of unbranched alkanes of at least 4 members (excludes halogenated alkanes) is 7. The Hall–Kier alpha value is -0.140. The fourth-order valence-electron chi connectivity index (χ4n) is 1.64. The van der Waals surface area contributed by atoms with Crippen molar-refractivity contribution in [1.29, 1.82) is 0 Å². The van der Waals surface area contributed by atoms with E-state index in [1.807, 2.05) is 13.8 Å². The maximum atomic E-state index is 11.5. The summed E-state index contributed by atoms with van der Waals surface area (Å²) in [5.74, 6) is -0.442. The van der Waals surface area contributed by atoms with E-state index in [9.17, 15) is 16.8 Å². The Morgan fingerprint density at radius 2 is 0.870 bits per heavy atom. The van der Waals surface area contributed by atoms with Crippen molar-refractivity contribution in [2.24, 2.45) is 0 Å². The lowest BCUT2D eigenvalue weighted by molar-refractivity contribution is 0.457. The van der Waals surface area contributed by atoms with Gasteiger partial charge in [0.2, 0.25) is 0 Å². The van der Waals surface area contributed by atoms with Crippen molar-refractivity contribution in [3.8, 4) is 0 Å². The third-order valence-electron chi connectivity index (χ3n) is 3.20. The van der Waals surface area contributed by atoms with Gasteiger partial charge < -0.3 is 0 Å². The molecule has 0 rings (SSSR count). The molecule has 0 heterocycles. The lowest BCUT2D eigenvalue weighted by Crippen LogP contribution is -2.19. The first-order valence-electron chi connectivity index (χ1n) is 8.91. The number of rotatable bonds is 13. The zero-order valence-electron chi connectivity index (χ0n) is 15.3. The molecule has 0 spiro atoms. The highest BCUT2D eigenvalue weighted by Gasteiger charge is 2.21. The van der Waals surface area contributed by atoms with Crippen LogP contribution in [0.1, 0.15) is 91.9 Å². The molecule has 0 aliphatic carbocycles. The van der Waals surface area contributed by atoms with Crippen molar-refractivity contribution in [3.63, 3.8) is 0 Å². The van der Waals surface area contributed by atoms with Gasteiger partial charge >= 0.3 is 0 Å². The Morgan fingerprint density at radius 3 is 1.13 bits per heavy atom. The molecule has 0 unspecified atom stereocenters. The standard InChI is InChI=1S/C12H26O5S2.C4H10/c1-3-5-7-9-11-18(13,14)17-19(15,16)12-10-8-6-4-2;1-3-4-2/h3-12H2,1-2H3;3-4H2,1-2H3. The summed E-state index contributed by atoms with van der Waals surface area (Å²) in [5.41, 5.74) is 0. The van der Waals surface area contributed by atoms with Crippen LogP contribution in [0.15, 0.2) is 0 Å². The Balaban J connectivity index is 0. The van der Waals surface area contributed by atoms with Crippen molar-refractivity contribution in [2.75, 3.05) is 11.5 Å². The summed E-state index contributed by atoms with van der Waals surface area (Å²) in [5, 5.41) is 0. The first kappa shape index (κ1) is 25.1. The molecule has 23 heavy (non-hydrogen) atoms. The Bertz CT molecular complexity index is 399. The average molecular weight is 373 g/mol. The van der Waals surface area contributed by atoms with Gasteiger partial charge in [0.25, 0.3) is 20.2 Å². The lowest BCUT2D eigenvalue weighted by atomic mass is 10.2. The molecule has 0 aromatic rings. The summed E-state index contributed by atoms with van der Waals surface area (Å²) in [4.78, 5) is 0. The molecule has 7 heteroatoms. The third kappa shape index (κ3) is 19.8. The molecule has 0 aromatic heterocycles. The summed E-state index contributed by atoms with van der Waals surface area (Å²) in [6.45, 7) is 8.40. The van der Waals surface area contributed by atoms with Gasteiger partial charge in [-0.2, -0.15) is 16.8 Å². The van der Waals surface area contributed by atoms with Crippen molar-refractivity contribution in [2.45, 2.75) is 91.9 Å². The van der Waals surface area contributed by atoms with E-state index in [0.29, 0.717) is 12.8 Å². The minimum absolute atomic E-state index is 0.221. The topological polar surface area (TPSA) is 77.5 Å². The number of hydrogen-bond acceptors (Lipinski definition) is 5. The fourth-order valence-corrected chi connectivity index (χ4v) is 4.56. The van der Waals surface area contributed by atoms with Crippen LogP contribution >= 0.6 is 0 Å². The van der Waals surface area contributed by atoms with E-state index in [2.05, 4.69) is 17.5 Å². The second kappa shape index (κ2) is 15.4.